The Morgan fingerprint density at radius 2 is 1.93 bits per heavy atom. The zero-order chi connectivity index (χ0) is 10.7. The number of hydrogen-bond donors (Lipinski definition) is 2. The lowest BCUT2D eigenvalue weighted by atomic mass is 9.93. The molecule has 1 aliphatic rings. The molecule has 0 radical (unpaired) electrons. The fraction of sp³-hybridized carbons (Fsp3) is 0.600. The van der Waals surface area contributed by atoms with Crippen LogP contribution in [0.4, 0.5) is 5.95 Å². The average molecular weight is 272 g/mol. The van der Waals surface area contributed by atoms with Crippen LogP contribution in [0.25, 0.3) is 0 Å². The van der Waals surface area contributed by atoms with Crippen molar-refractivity contribution in [2.45, 2.75) is 37.8 Å². The Labute approximate surface area is 97.3 Å². The second kappa shape index (κ2) is 4.90. The van der Waals surface area contributed by atoms with Crippen molar-refractivity contribution in [2.24, 2.45) is 0 Å². The van der Waals surface area contributed by atoms with E-state index in [1.807, 2.05) is 0 Å². The summed E-state index contributed by atoms with van der Waals surface area (Å²) in [5.74, 6) is 0.587. The summed E-state index contributed by atoms with van der Waals surface area (Å²) in [5.41, 5.74) is 0. The molecule has 0 bridgehead atoms. The van der Waals surface area contributed by atoms with Crippen LogP contribution in [0, 0.1) is 0 Å². The van der Waals surface area contributed by atoms with Gasteiger partial charge < -0.3 is 10.4 Å². The maximum atomic E-state index is 9.76. The minimum Gasteiger partial charge on any atom is -0.391 e. The maximum Gasteiger partial charge on any atom is 0.222 e. The van der Waals surface area contributed by atoms with Crippen molar-refractivity contribution >= 4 is 21.9 Å². The number of anilines is 1. The van der Waals surface area contributed by atoms with Gasteiger partial charge >= 0.3 is 0 Å². The van der Waals surface area contributed by atoms with E-state index in [0.29, 0.717) is 5.95 Å². The number of rotatable bonds is 2. The van der Waals surface area contributed by atoms with Crippen LogP contribution in [-0.4, -0.2) is 27.2 Å². The molecule has 5 heteroatoms. The van der Waals surface area contributed by atoms with Crippen molar-refractivity contribution in [3.63, 3.8) is 0 Å². The molecule has 4 nitrogen and oxygen atoms in total. The van der Waals surface area contributed by atoms with Crippen LogP contribution in [0.5, 0.6) is 0 Å². The summed E-state index contributed by atoms with van der Waals surface area (Å²) in [5, 5.41) is 12.9. The van der Waals surface area contributed by atoms with Gasteiger partial charge in [0.2, 0.25) is 5.95 Å². The van der Waals surface area contributed by atoms with Crippen LogP contribution in [-0.2, 0) is 0 Å². The van der Waals surface area contributed by atoms with E-state index < -0.39 is 0 Å². The summed E-state index contributed by atoms with van der Waals surface area (Å²) in [4.78, 5) is 8.25. The van der Waals surface area contributed by atoms with Crippen molar-refractivity contribution in [3.8, 4) is 0 Å². The van der Waals surface area contributed by atoms with Gasteiger partial charge in [-0.2, -0.15) is 0 Å². The number of nitrogens with one attached hydrogen (secondary N) is 1. The van der Waals surface area contributed by atoms with Gasteiger partial charge in [0.05, 0.1) is 16.6 Å². The topological polar surface area (TPSA) is 58.0 Å². The number of hydrogen-bond acceptors (Lipinski definition) is 4. The molecule has 1 aromatic heterocycles. The van der Waals surface area contributed by atoms with E-state index in [0.717, 1.165) is 30.2 Å². The minimum absolute atomic E-state index is 0.0972. The number of aliphatic hydroxyl groups is 1. The molecule has 1 heterocycles. The molecule has 0 amide bonds. The third kappa shape index (κ3) is 2.89. The van der Waals surface area contributed by atoms with Crippen LogP contribution in [0.15, 0.2) is 16.9 Å². The summed E-state index contributed by atoms with van der Waals surface area (Å²) < 4.78 is 0.859. The summed E-state index contributed by atoms with van der Waals surface area (Å²) in [6.45, 7) is 0. The van der Waals surface area contributed by atoms with Gasteiger partial charge in [-0.15, -0.1) is 0 Å². The molecular weight excluding hydrogens is 258 g/mol. The number of halogens is 1. The first-order valence-electron chi connectivity index (χ1n) is 5.18. The molecule has 2 atom stereocenters. The van der Waals surface area contributed by atoms with Gasteiger partial charge in [-0.3, -0.25) is 0 Å². The fourth-order valence-electron chi connectivity index (χ4n) is 1.83. The standard InChI is InChI=1S/C10H14BrN3O/c11-7-5-12-10(13-6-7)14-8-3-1-2-4-9(8)15/h5-6,8-9,15H,1-4H2,(H,12,13,14)/t8-,9-/m0/s1. The van der Waals surface area contributed by atoms with Crippen LogP contribution in [0.2, 0.25) is 0 Å². The normalized spacial score (nSPS) is 26.3. The second-order valence-corrected chi connectivity index (χ2v) is 4.74. The summed E-state index contributed by atoms with van der Waals surface area (Å²) in [6, 6.07) is 0.0972. The monoisotopic (exact) mass is 271 g/mol. The molecule has 2 N–H and O–H groups in total. The molecule has 0 spiro atoms. The average Bonchev–Trinajstić information content (AvgIpc) is 2.25. The first-order chi connectivity index (χ1) is 7.25. The Morgan fingerprint density at radius 1 is 1.27 bits per heavy atom. The third-order valence-corrected chi connectivity index (χ3v) is 3.07. The Morgan fingerprint density at radius 3 is 2.60 bits per heavy atom. The van der Waals surface area contributed by atoms with Crippen LogP contribution in [0.3, 0.4) is 0 Å². The number of aromatic nitrogens is 2. The molecule has 0 unspecified atom stereocenters. The first kappa shape index (κ1) is 10.8. The van der Waals surface area contributed by atoms with Gasteiger partial charge in [-0.1, -0.05) is 12.8 Å². The second-order valence-electron chi connectivity index (χ2n) is 3.83. The molecule has 0 aromatic carbocycles. The maximum absolute atomic E-state index is 9.76. The largest absolute Gasteiger partial charge is 0.391 e. The highest BCUT2D eigenvalue weighted by molar-refractivity contribution is 9.10. The van der Waals surface area contributed by atoms with E-state index in [1.165, 1.54) is 0 Å². The van der Waals surface area contributed by atoms with Gasteiger partial charge in [0, 0.05) is 12.4 Å². The van der Waals surface area contributed by atoms with E-state index in [9.17, 15) is 5.11 Å². The summed E-state index contributed by atoms with van der Waals surface area (Å²) in [6.07, 6.45) is 7.25. The molecule has 15 heavy (non-hydrogen) atoms. The minimum atomic E-state index is -0.272. The van der Waals surface area contributed by atoms with Gasteiger partial charge in [0.15, 0.2) is 0 Å². The molecule has 1 saturated carbocycles. The highest BCUT2D eigenvalue weighted by atomic mass is 79.9. The lowest BCUT2D eigenvalue weighted by molar-refractivity contribution is 0.116. The van der Waals surface area contributed by atoms with E-state index in [2.05, 4.69) is 31.2 Å². The Bertz CT molecular complexity index is 317. The van der Waals surface area contributed by atoms with Crippen LogP contribution in [0.1, 0.15) is 25.7 Å². The molecule has 1 fully saturated rings. The summed E-state index contributed by atoms with van der Waals surface area (Å²) in [7, 11) is 0. The van der Waals surface area contributed by atoms with Crippen molar-refractivity contribution in [2.75, 3.05) is 5.32 Å². The van der Waals surface area contributed by atoms with Crippen molar-refractivity contribution < 1.29 is 5.11 Å². The van der Waals surface area contributed by atoms with E-state index in [-0.39, 0.29) is 12.1 Å². The lowest BCUT2D eigenvalue weighted by Crippen LogP contribution is -2.36. The number of nitrogens with zero attached hydrogens (tertiary/aromatic N) is 2. The van der Waals surface area contributed by atoms with Crippen LogP contribution < -0.4 is 5.32 Å². The zero-order valence-corrected chi connectivity index (χ0v) is 9.94. The van der Waals surface area contributed by atoms with Gasteiger partial charge in [0.1, 0.15) is 0 Å². The predicted molar refractivity (Wildman–Crippen MR) is 61.6 cm³/mol. The first-order valence-corrected chi connectivity index (χ1v) is 5.97. The van der Waals surface area contributed by atoms with Gasteiger partial charge in [0.25, 0.3) is 0 Å². The van der Waals surface area contributed by atoms with Crippen LogP contribution >= 0.6 is 15.9 Å². The molecule has 1 aliphatic carbocycles. The predicted octanol–water partition coefficient (Wildman–Crippen LogP) is 1.95. The molecule has 1 aromatic rings. The Balaban J connectivity index is 1.98. The Hall–Kier alpha value is -0.680. The molecule has 2 rings (SSSR count). The van der Waals surface area contributed by atoms with Crippen molar-refractivity contribution in [1.82, 2.24) is 9.97 Å². The van der Waals surface area contributed by atoms with Gasteiger partial charge in [-0.05, 0) is 28.8 Å². The van der Waals surface area contributed by atoms with E-state index >= 15 is 0 Å². The quantitative estimate of drug-likeness (QED) is 0.864. The zero-order valence-electron chi connectivity index (χ0n) is 8.36. The SMILES string of the molecule is O[C@H]1CCCC[C@@H]1Nc1ncc(Br)cn1. The molecular formula is C10H14BrN3O. The molecule has 82 valence electrons. The Kier molecular flexibility index (Phi) is 3.53. The third-order valence-electron chi connectivity index (χ3n) is 2.66. The lowest BCUT2D eigenvalue weighted by Gasteiger charge is -2.28. The van der Waals surface area contributed by atoms with E-state index in [4.69, 9.17) is 0 Å². The smallest absolute Gasteiger partial charge is 0.222 e. The van der Waals surface area contributed by atoms with Crippen molar-refractivity contribution in [1.29, 1.82) is 0 Å². The molecule has 0 aliphatic heterocycles. The van der Waals surface area contributed by atoms with E-state index in [1.54, 1.807) is 12.4 Å². The van der Waals surface area contributed by atoms with Crippen molar-refractivity contribution in [3.05, 3.63) is 16.9 Å². The fourth-order valence-corrected chi connectivity index (χ4v) is 2.04. The highest BCUT2D eigenvalue weighted by Gasteiger charge is 2.23. The summed E-state index contributed by atoms with van der Waals surface area (Å²) >= 11 is 3.28. The number of aliphatic hydroxyl groups excluding tert-OH is 1. The highest BCUT2D eigenvalue weighted by Crippen LogP contribution is 2.21. The molecule has 0 saturated heterocycles. The van der Waals surface area contributed by atoms with Gasteiger partial charge in [-0.25, -0.2) is 9.97 Å².